The molecule has 19 heavy (non-hydrogen) atoms. The number of aromatic amines is 1. The lowest BCUT2D eigenvalue weighted by Crippen LogP contribution is -1.85. The zero-order valence-electron chi connectivity index (χ0n) is 10.5. The van der Waals surface area contributed by atoms with Crippen LogP contribution < -0.4 is 0 Å². The van der Waals surface area contributed by atoms with Gasteiger partial charge in [-0.05, 0) is 23.3 Å². The molecular formula is C16H15NOS. The summed E-state index contributed by atoms with van der Waals surface area (Å²) in [7, 11) is 0. The highest BCUT2D eigenvalue weighted by Crippen LogP contribution is 2.26. The predicted octanol–water partition coefficient (Wildman–Crippen LogP) is 3.95. The van der Waals surface area contributed by atoms with E-state index in [1.54, 1.807) is 11.8 Å². The Hall–Kier alpha value is -1.71. The minimum Gasteiger partial charge on any atom is -0.392 e. The second-order valence-electron chi connectivity index (χ2n) is 4.48. The van der Waals surface area contributed by atoms with Crippen LogP contribution in [-0.4, -0.2) is 10.1 Å². The van der Waals surface area contributed by atoms with Crippen LogP contribution in [0.3, 0.4) is 0 Å². The molecule has 1 aromatic heterocycles. The molecule has 96 valence electrons. The van der Waals surface area contributed by atoms with Crippen LogP contribution in [0, 0.1) is 0 Å². The van der Waals surface area contributed by atoms with Gasteiger partial charge >= 0.3 is 0 Å². The van der Waals surface area contributed by atoms with Crippen molar-refractivity contribution in [3.8, 4) is 0 Å². The number of thioether (sulfide) groups is 1. The fraction of sp³-hybridized carbons (Fsp3) is 0.125. The number of rotatable bonds is 4. The Kier molecular flexibility index (Phi) is 3.58. The molecule has 3 aromatic rings. The van der Waals surface area contributed by atoms with E-state index in [9.17, 15) is 0 Å². The zero-order valence-corrected chi connectivity index (χ0v) is 11.3. The fourth-order valence-electron chi connectivity index (χ4n) is 2.03. The molecule has 0 radical (unpaired) electrons. The number of benzene rings is 2. The highest BCUT2D eigenvalue weighted by atomic mass is 32.2. The summed E-state index contributed by atoms with van der Waals surface area (Å²) in [6.45, 7) is 0.107. The maximum atomic E-state index is 9.01. The summed E-state index contributed by atoms with van der Waals surface area (Å²) in [5, 5.41) is 11.4. The van der Waals surface area contributed by atoms with E-state index in [1.165, 1.54) is 21.5 Å². The number of aliphatic hydroxyl groups is 1. The molecule has 0 atom stereocenters. The van der Waals surface area contributed by atoms with Gasteiger partial charge in [0.05, 0.1) is 11.6 Å². The number of aromatic nitrogens is 1. The van der Waals surface area contributed by atoms with E-state index in [0.717, 1.165) is 11.3 Å². The van der Waals surface area contributed by atoms with Crippen molar-refractivity contribution in [2.75, 3.05) is 0 Å². The Morgan fingerprint density at radius 1 is 0.947 bits per heavy atom. The molecule has 0 aliphatic heterocycles. The molecule has 0 spiro atoms. The van der Waals surface area contributed by atoms with Gasteiger partial charge in [0.15, 0.2) is 0 Å². The van der Waals surface area contributed by atoms with Crippen molar-refractivity contribution in [1.82, 2.24) is 4.98 Å². The van der Waals surface area contributed by atoms with Crippen molar-refractivity contribution in [2.24, 2.45) is 0 Å². The summed E-state index contributed by atoms with van der Waals surface area (Å²) in [6, 6.07) is 18.6. The van der Waals surface area contributed by atoms with E-state index in [4.69, 9.17) is 5.11 Å². The maximum Gasteiger partial charge on any atom is 0.0735 e. The lowest BCUT2D eigenvalue weighted by molar-refractivity contribution is 0.282. The molecule has 3 heteroatoms. The van der Waals surface area contributed by atoms with Crippen LogP contribution in [0.5, 0.6) is 0 Å². The number of aliphatic hydroxyl groups excluding tert-OH is 1. The van der Waals surface area contributed by atoms with E-state index in [0.29, 0.717) is 0 Å². The monoisotopic (exact) mass is 269 g/mol. The average molecular weight is 269 g/mol. The molecule has 2 nitrogen and oxygen atoms in total. The van der Waals surface area contributed by atoms with Crippen LogP contribution in [0.15, 0.2) is 59.6 Å². The molecule has 0 amide bonds. The number of hydrogen-bond acceptors (Lipinski definition) is 2. The highest BCUT2D eigenvalue weighted by molar-refractivity contribution is 7.98. The molecule has 0 aliphatic rings. The molecule has 3 rings (SSSR count). The van der Waals surface area contributed by atoms with Gasteiger partial charge in [-0.3, -0.25) is 0 Å². The Morgan fingerprint density at radius 2 is 1.68 bits per heavy atom. The Balaban J connectivity index is 1.70. The Morgan fingerprint density at radius 3 is 2.42 bits per heavy atom. The molecule has 0 unspecified atom stereocenters. The normalized spacial score (nSPS) is 11.0. The van der Waals surface area contributed by atoms with Crippen LogP contribution in [0.1, 0.15) is 11.1 Å². The van der Waals surface area contributed by atoms with Crippen LogP contribution in [0.2, 0.25) is 0 Å². The lowest BCUT2D eigenvalue weighted by Gasteiger charge is -2.01. The minimum atomic E-state index is 0.107. The van der Waals surface area contributed by atoms with E-state index in [2.05, 4.69) is 41.4 Å². The van der Waals surface area contributed by atoms with Gasteiger partial charge < -0.3 is 10.1 Å². The largest absolute Gasteiger partial charge is 0.392 e. The summed E-state index contributed by atoms with van der Waals surface area (Å²) >= 11 is 1.79. The molecule has 2 aromatic carbocycles. The third kappa shape index (κ3) is 2.83. The number of para-hydroxylation sites is 1. The van der Waals surface area contributed by atoms with Crippen molar-refractivity contribution in [3.05, 3.63) is 65.7 Å². The summed E-state index contributed by atoms with van der Waals surface area (Å²) in [5.74, 6) is 0.929. The summed E-state index contributed by atoms with van der Waals surface area (Å²) in [6.07, 6.45) is 0. The second kappa shape index (κ2) is 5.51. The minimum absolute atomic E-state index is 0.107. The van der Waals surface area contributed by atoms with E-state index < -0.39 is 0 Å². The standard InChI is InChI=1S/C16H15NOS/c18-10-12-5-7-13(8-6-12)11-19-16-9-14-3-1-2-4-15(14)17-16/h1-9,17-18H,10-11H2. The SMILES string of the molecule is OCc1ccc(CSc2cc3ccccc3[nH]2)cc1. The quantitative estimate of drug-likeness (QED) is 0.703. The average Bonchev–Trinajstić information content (AvgIpc) is 2.88. The van der Waals surface area contributed by atoms with Crippen LogP contribution in [-0.2, 0) is 12.4 Å². The number of nitrogens with one attached hydrogen (secondary N) is 1. The molecule has 2 N–H and O–H groups in total. The first-order valence-corrected chi connectivity index (χ1v) is 7.23. The van der Waals surface area contributed by atoms with Gasteiger partial charge in [-0.2, -0.15) is 0 Å². The smallest absolute Gasteiger partial charge is 0.0735 e. The molecule has 0 saturated heterocycles. The van der Waals surface area contributed by atoms with Crippen LogP contribution in [0.25, 0.3) is 10.9 Å². The van der Waals surface area contributed by atoms with Crippen molar-refractivity contribution >= 4 is 22.7 Å². The molecule has 0 bridgehead atoms. The number of H-pyrrole nitrogens is 1. The van der Waals surface area contributed by atoms with E-state index in [-0.39, 0.29) is 6.61 Å². The summed E-state index contributed by atoms with van der Waals surface area (Å²) in [5.41, 5.74) is 3.40. The van der Waals surface area contributed by atoms with Crippen LogP contribution >= 0.6 is 11.8 Å². The highest BCUT2D eigenvalue weighted by Gasteiger charge is 2.01. The summed E-state index contributed by atoms with van der Waals surface area (Å²) in [4.78, 5) is 3.41. The van der Waals surface area contributed by atoms with Crippen molar-refractivity contribution in [2.45, 2.75) is 17.4 Å². The molecule has 1 heterocycles. The van der Waals surface area contributed by atoms with Gasteiger partial charge in [0.2, 0.25) is 0 Å². The van der Waals surface area contributed by atoms with Gasteiger partial charge in [0.1, 0.15) is 0 Å². The number of hydrogen-bond donors (Lipinski definition) is 2. The van der Waals surface area contributed by atoms with E-state index >= 15 is 0 Å². The first kappa shape index (κ1) is 12.3. The van der Waals surface area contributed by atoms with Gasteiger partial charge in [0, 0.05) is 16.7 Å². The third-order valence-corrected chi connectivity index (χ3v) is 4.11. The lowest BCUT2D eigenvalue weighted by atomic mass is 10.2. The fourth-order valence-corrected chi connectivity index (χ4v) is 2.93. The zero-order chi connectivity index (χ0) is 13.1. The van der Waals surface area contributed by atoms with Gasteiger partial charge in [-0.15, -0.1) is 11.8 Å². The predicted molar refractivity (Wildman–Crippen MR) is 80.2 cm³/mol. The Labute approximate surface area is 116 Å². The topological polar surface area (TPSA) is 36.0 Å². The van der Waals surface area contributed by atoms with Gasteiger partial charge in [-0.25, -0.2) is 0 Å². The molecule has 0 aliphatic carbocycles. The second-order valence-corrected chi connectivity index (χ2v) is 5.50. The van der Waals surface area contributed by atoms with Crippen LogP contribution in [0.4, 0.5) is 0 Å². The third-order valence-electron chi connectivity index (χ3n) is 3.11. The number of fused-ring (bicyclic) bond motifs is 1. The first-order valence-electron chi connectivity index (χ1n) is 6.24. The van der Waals surface area contributed by atoms with Gasteiger partial charge in [-0.1, -0.05) is 42.5 Å². The van der Waals surface area contributed by atoms with Crippen molar-refractivity contribution < 1.29 is 5.11 Å². The molecule has 0 saturated carbocycles. The maximum absolute atomic E-state index is 9.01. The van der Waals surface area contributed by atoms with Crippen molar-refractivity contribution in [3.63, 3.8) is 0 Å². The van der Waals surface area contributed by atoms with Crippen molar-refractivity contribution in [1.29, 1.82) is 0 Å². The summed E-state index contributed by atoms with van der Waals surface area (Å²) < 4.78 is 0. The Bertz CT molecular complexity index is 640. The first-order chi connectivity index (χ1) is 9.35. The molecule has 0 fully saturated rings. The van der Waals surface area contributed by atoms with Gasteiger partial charge in [0.25, 0.3) is 0 Å². The van der Waals surface area contributed by atoms with E-state index in [1.807, 2.05) is 18.2 Å². The molecular weight excluding hydrogens is 254 g/mol.